The van der Waals surface area contributed by atoms with Crippen molar-refractivity contribution in [3.8, 4) is 0 Å². The van der Waals surface area contributed by atoms with Crippen LogP contribution in [0.1, 0.15) is 37.2 Å². The van der Waals surface area contributed by atoms with Crippen molar-refractivity contribution in [3.63, 3.8) is 0 Å². The summed E-state index contributed by atoms with van der Waals surface area (Å²) in [4.78, 5) is 32.1. The van der Waals surface area contributed by atoms with E-state index in [1.807, 2.05) is 11.1 Å². The van der Waals surface area contributed by atoms with Crippen molar-refractivity contribution in [3.05, 3.63) is 23.9 Å². The van der Waals surface area contributed by atoms with Crippen molar-refractivity contribution < 1.29 is 19.1 Å². The molecule has 5 rings (SSSR count). The van der Waals surface area contributed by atoms with Gasteiger partial charge in [0.2, 0.25) is 5.91 Å². The van der Waals surface area contributed by atoms with Gasteiger partial charge in [0.05, 0.1) is 19.1 Å². The number of aromatic nitrogens is 1. The predicted molar refractivity (Wildman–Crippen MR) is 101 cm³/mol. The molecule has 1 spiro atoms. The minimum atomic E-state index is -0.387. The van der Waals surface area contributed by atoms with Gasteiger partial charge >= 0.3 is 6.09 Å². The third-order valence-electron chi connectivity index (χ3n) is 6.39. The zero-order valence-electron chi connectivity index (χ0n) is 15.9. The molecule has 0 aliphatic carbocycles. The summed E-state index contributed by atoms with van der Waals surface area (Å²) in [5, 5.41) is 2.71. The highest BCUT2D eigenvalue weighted by molar-refractivity contribution is 5.77. The van der Waals surface area contributed by atoms with Gasteiger partial charge in [-0.15, -0.1) is 0 Å². The molecule has 5 heterocycles. The number of carbonyl (C=O) groups is 2. The molecule has 0 radical (unpaired) electrons. The Balaban J connectivity index is 1.07. The summed E-state index contributed by atoms with van der Waals surface area (Å²) in [6, 6.07) is 4.19. The van der Waals surface area contributed by atoms with Crippen LogP contribution in [0.25, 0.3) is 0 Å². The second kappa shape index (κ2) is 6.92. The lowest BCUT2D eigenvalue weighted by molar-refractivity contribution is -0.135. The minimum absolute atomic E-state index is 0.0412. The Bertz CT molecular complexity index is 748. The van der Waals surface area contributed by atoms with Crippen LogP contribution in [-0.2, 0) is 14.3 Å². The zero-order valence-corrected chi connectivity index (χ0v) is 15.9. The summed E-state index contributed by atoms with van der Waals surface area (Å²) in [7, 11) is 0. The van der Waals surface area contributed by atoms with Gasteiger partial charge in [0, 0.05) is 38.2 Å². The largest absolute Gasteiger partial charge is 0.447 e. The summed E-state index contributed by atoms with van der Waals surface area (Å²) in [6.07, 6.45) is 4.96. The van der Waals surface area contributed by atoms with Crippen LogP contribution in [-0.4, -0.2) is 72.9 Å². The maximum Gasteiger partial charge on any atom is 0.407 e. The van der Waals surface area contributed by atoms with Gasteiger partial charge in [-0.2, -0.15) is 0 Å². The molecule has 1 aromatic rings. The number of hydrogen-bond donors (Lipinski definition) is 1. The van der Waals surface area contributed by atoms with E-state index in [4.69, 9.17) is 9.47 Å². The topological polar surface area (TPSA) is 84.0 Å². The Hall–Kier alpha value is -2.35. The fraction of sp³-hybridized carbons (Fsp3) is 0.650. The second-order valence-electron chi connectivity index (χ2n) is 8.41. The van der Waals surface area contributed by atoms with Gasteiger partial charge in [0.25, 0.3) is 0 Å². The highest BCUT2D eigenvalue weighted by Gasteiger charge is 2.46. The molecule has 2 amide bonds. The maximum absolute atomic E-state index is 12.3. The molecule has 8 heteroatoms. The summed E-state index contributed by atoms with van der Waals surface area (Å²) in [6.45, 7) is 4.62. The van der Waals surface area contributed by atoms with E-state index >= 15 is 0 Å². The second-order valence-corrected chi connectivity index (χ2v) is 8.41. The molecule has 0 aromatic carbocycles. The molecule has 0 saturated carbocycles. The van der Waals surface area contributed by atoms with Gasteiger partial charge in [-0.25, -0.2) is 9.78 Å². The van der Waals surface area contributed by atoms with Crippen LogP contribution in [0.15, 0.2) is 18.3 Å². The standard InChI is InChI=1S/C20H26N4O4/c25-18(5-3-16-11-27-19(26)22-16)23-9-15(10-23)14-2-4-17(21-8-14)24-12-20(13-24)6-1-7-28-20/h2,4,8,15-16H,1,3,5-7,9-13H2,(H,22,26)/t16-/m1/s1. The number of hydrogen-bond acceptors (Lipinski definition) is 6. The molecule has 4 fully saturated rings. The van der Waals surface area contributed by atoms with E-state index < -0.39 is 0 Å². The fourth-order valence-electron chi connectivity index (χ4n) is 4.57. The third kappa shape index (κ3) is 3.30. The lowest BCUT2D eigenvalue weighted by atomic mass is 9.90. The molecule has 1 aromatic heterocycles. The van der Waals surface area contributed by atoms with E-state index in [-0.39, 0.29) is 23.6 Å². The molecule has 4 aliphatic heterocycles. The summed E-state index contributed by atoms with van der Waals surface area (Å²) in [5.74, 6) is 1.52. The molecule has 28 heavy (non-hydrogen) atoms. The molecule has 150 valence electrons. The molecule has 4 saturated heterocycles. The Morgan fingerprint density at radius 2 is 2.18 bits per heavy atom. The first kappa shape index (κ1) is 17.7. The normalized spacial score (nSPS) is 26.0. The van der Waals surface area contributed by atoms with Gasteiger partial charge < -0.3 is 24.6 Å². The van der Waals surface area contributed by atoms with Crippen molar-refractivity contribution in [2.75, 3.05) is 44.3 Å². The molecule has 8 nitrogen and oxygen atoms in total. The molecule has 1 atom stereocenters. The number of anilines is 1. The molecular weight excluding hydrogens is 360 g/mol. The number of cyclic esters (lactones) is 1. The summed E-state index contributed by atoms with van der Waals surface area (Å²) in [5.41, 5.74) is 1.28. The molecule has 1 N–H and O–H groups in total. The highest BCUT2D eigenvalue weighted by Crippen LogP contribution is 2.37. The van der Waals surface area contributed by atoms with E-state index in [9.17, 15) is 9.59 Å². The average Bonchev–Trinajstić information content (AvgIpc) is 3.27. The molecular formula is C20H26N4O4. The summed E-state index contributed by atoms with van der Waals surface area (Å²) >= 11 is 0. The van der Waals surface area contributed by atoms with Crippen LogP contribution in [0.2, 0.25) is 0 Å². The fourth-order valence-corrected chi connectivity index (χ4v) is 4.57. The number of carbonyl (C=O) groups excluding carboxylic acids is 2. The van der Waals surface area contributed by atoms with Crippen molar-refractivity contribution >= 4 is 17.8 Å². The quantitative estimate of drug-likeness (QED) is 0.820. The Morgan fingerprint density at radius 3 is 2.82 bits per heavy atom. The first-order valence-corrected chi connectivity index (χ1v) is 10.2. The Labute approximate surface area is 164 Å². The molecule has 0 bridgehead atoms. The number of amides is 2. The van der Waals surface area contributed by atoms with Crippen LogP contribution < -0.4 is 10.2 Å². The predicted octanol–water partition coefficient (Wildman–Crippen LogP) is 1.27. The van der Waals surface area contributed by atoms with Crippen LogP contribution in [0.5, 0.6) is 0 Å². The van der Waals surface area contributed by atoms with Gasteiger partial charge in [-0.3, -0.25) is 4.79 Å². The van der Waals surface area contributed by atoms with Gasteiger partial charge in [0.1, 0.15) is 18.0 Å². The number of alkyl carbamates (subject to hydrolysis) is 1. The van der Waals surface area contributed by atoms with Crippen LogP contribution in [0.4, 0.5) is 10.6 Å². The third-order valence-corrected chi connectivity index (χ3v) is 6.39. The van der Waals surface area contributed by atoms with Crippen LogP contribution in [0.3, 0.4) is 0 Å². The number of nitrogens with zero attached hydrogens (tertiary/aromatic N) is 3. The highest BCUT2D eigenvalue weighted by atomic mass is 16.6. The minimum Gasteiger partial charge on any atom is -0.447 e. The molecule has 4 aliphatic rings. The van der Waals surface area contributed by atoms with E-state index in [1.165, 1.54) is 12.0 Å². The first-order chi connectivity index (χ1) is 13.6. The van der Waals surface area contributed by atoms with Crippen LogP contribution in [0, 0.1) is 0 Å². The van der Waals surface area contributed by atoms with Gasteiger partial charge in [0.15, 0.2) is 0 Å². The van der Waals surface area contributed by atoms with E-state index in [0.717, 1.165) is 45.0 Å². The van der Waals surface area contributed by atoms with Crippen LogP contribution >= 0.6 is 0 Å². The number of likely N-dealkylation sites (tertiary alicyclic amines) is 1. The monoisotopic (exact) mass is 386 g/mol. The average molecular weight is 386 g/mol. The van der Waals surface area contributed by atoms with E-state index in [1.54, 1.807) is 0 Å². The van der Waals surface area contributed by atoms with Crippen molar-refractivity contribution in [1.82, 2.24) is 15.2 Å². The lowest BCUT2D eigenvalue weighted by Gasteiger charge is -2.47. The SMILES string of the molecule is O=C1N[C@H](CCC(=O)N2CC(c3ccc(N4CC5(CCCO5)C4)nc3)C2)CO1. The number of rotatable bonds is 5. The Kier molecular flexibility index (Phi) is 4.38. The van der Waals surface area contributed by atoms with Crippen molar-refractivity contribution in [2.24, 2.45) is 0 Å². The summed E-state index contributed by atoms with van der Waals surface area (Å²) < 4.78 is 10.7. The molecule has 0 unspecified atom stereocenters. The zero-order chi connectivity index (χ0) is 19.1. The van der Waals surface area contributed by atoms with E-state index in [0.29, 0.717) is 25.4 Å². The van der Waals surface area contributed by atoms with Gasteiger partial charge in [-0.1, -0.05) is 6.07 Å². The van der Waals surface area contributed by atoms with Crippen molar-refractivity contribution in [1.29, 1.82) is 0 Å². The number of nitrogens with one attached hydrogen (secondary N) is 1. The van der Waals surface area contributed by atoms with Gasteiger partial charge in [-0.05, 0) is 30.9 Å². The first-order valence-electron chi connectivity index (χ1n) is 10.2. The van der Waals surface area contributed by atoms with E-state index in [2.05, 4.69) is 27.3 Å². The van der Waals surface area contributed by atoms with Crippen molar-refractivity contribution in [2.45, 2.75) is 43.2 Å². The number of pyridine rings is 1. The smallest absolute Gasteiger partial charge is 0.407 e. The lowest BCUT2D eigenvalue weighted by Crippen LogP contribution is -2.61. The number of ether oxygens (including phenoxy) is 2. The maximum atomic E-state index is 12.3. The Morgan fingerprint density at radius 1 is 1.32 bits per heavy atom.